The van der Waals surface area contributed by atoms with Gasteiger partial charge in [0.15, 0.2) is 0 Å². The minimum Gasteiger partial charge on any atom is -0.313 e. The highest BCUT2D eigenvalue weighted by Crippen LogP contribution is 2.25. The smallest absolute Gasteiger partial charge is 0.0197 e. The first-order chi connectivity index (χ1) is 7.75. The zero-order valence-corrected chi connectivity index (χ0v) is 11.0. The topological polar surface area (TPSA) is 15.3 Å². The minimum atomic E-state index is 0.739. The Bertz CT molecular complexity index is 197. The van der Waals surface area contributed by atoms with Crippen molar-refractivity contribution < 1.29 is 0 Å². The number of hydrogen-bond donors (Lipinski definition) is 1. The van der Waals surface area contributed by atoms with E-state index in [1.165, 1.54) is 58.2 Å². The minimum absolute atomic E-state index is 0.739. The van der Waals surface area contributed by atoms with Gasteiger partial charge in [-0.05, 0) is 44.7 Å². The molecule has 1 unspecified atom stereocenters. The van der Waals surface area contributed by atoms with Crippen LogP contribution < -0.4 is 5.32 Å². The average molecular weight is 224 g/mol. The third-order valence-corrected chi connectivity index (χ3v) is 4.11. The van der Waals surface area contributed by atoms with Gasteiger partial charge in [0.05, 0.1) is 0 Å². The molecule has 0 aromatic carbocycles. The molecule has 1 saturated carbocycles. The van der Waals surface area contributed by atoms with Crippen molar-refractivity contribution >= 4 is 0 Å². The lowest BCUT2D eigenvalue weighted by Crippen LogP contribution is -2.42. The maximum absolute atomic E-state index is 3.72. The summed E-state index contributed by atoms with van der Waals surface area (Å²) in [6.45, 7) is 8.52. The lowest BCUT2D eigenvalue weighted by atomic mass is 10.0. The number of nitrogens with one attached hydrogen (secondary N) is 1. The molecule has 1 aliphatic heterocycles. The molecule has 2 rings (SSSR count). The molecule has 0 aromatic rings. The van der Waals surface area contributed by atoms with Crippen molar-refractivity contribution in [2.24, 2.45) is 5.92 Å². The highest BCUT2D eigenvalue weighted by Gasteiger charge is 2.26. The van der Waals surface area contributed by atoms with E-state index in [-0.39, 0.29) is 0 Å². The Kier molecular flexibility index (Phi) is 4.66. The lowest BCUT2D eigenvalue weighted by molar-refractivity contribution is 0.188. The van der Waals surface area contributed by atoms with Crippen molar-refractivity contribution in [2.45, 2.75) is 64.5 Å². The summed E-state index contributed by atoms with van der Waals surface area (Å²) in [5, 5.41) is 3.72. The molecule has 2 heteroatoms. The Balaban J connectivity index is 1.86. The summed E-state index contributed by atoms with van der Waals surface area (Å²) in [4.78, 5) is 2.78. The fourth-order valence-corrected chi connectivity index (χ4v) is 3.36. The van der Waals surface area contributed by atoms with E-state index in [2.05, 4.69) is 24.1 Å². The van der Waals surface area contributed by atoms with E-state index in [4.69, 9.17) is 0 Å². The summed E-state index contributed by atoms with van der Waals surface area (Å²) in [6, 6.07) is 1.65. The van der Waals surface area contributed by atoms with Crippen LogP contribution >= 0.6 is 0 Å². The molecule has 1 atom stereocenters. The van der Waals surface area contributed by atoms with Gasteiger partial charge in [-0.15, -0.1) is 0 Å². The highest BCUT2D eigenvalue weighted by molar-refractivity contribution is 4.84. The molecule has 1 heterocycles. The number of hydrogen-bond acceptors (Lipinski definition) is 2. The van der Waals surface area contributed by atoms with E-state index in [0.29, 0.717) is 0 Å². The van der Waals surface area contributed by atoms with Crippen LogP contribution in [0.3, 0.4) is 0 Å². The first-order valence-electron chi connectivity index (χ1n) is 7.23. The van der Waals surface area contributed by atoms with Crippen molar-refractivity contribution in [3.63, 3.8) is 0 Å². The van der Waals surface area contributed by atoms with Crippen LogP contribution in [0.5, 0.6) is 0 Å². The third kappa shape index (κ3) is 3.46. The van der Waals surface area contributed by atoms with Crippen molar-refractivity contribution in [3.8, 4) is 0 Å². The SMILES string of the molecule is CC(C)CC1CN(C2CCCC2)CCCN1. The zero-order chi connectivity index (χ0) is 11.4. The third-order valence-electron chi connectivity index (χ3n) is 4.11. The fraction of sp³-hybridized carbons (Fsp3) is 1.00. The van der Waals surface area contributed by atoms with E-state index in [1.54, 1.807) is 0 Å². The van der Waals surface area contributed by atoms with Crippen molar-refractivity contribution in [2.75, 3.05) is 19.6 Å². The average Bonchev–Trinajstić information content (AvgIpc) is 2.66. The summed E-state index contributed by atoms with van der Waals surface area (Å²) in [5.74, 6) is 0.820. The number of nitrogens with zero attached hydrogens (tertiary/aromatic N) is 1. The maximum atomic E-state index is 3.72. The van der Waals surface area contributed by atoms with Gasteiger partial charge >= 0.3 is 0 Å². The maximum Gasteiger partial charge on any atom is 0.0197 e. The molecule has 94 valence electrons. The molecule has 16 heavy (non-hydrogen) atoms. The van der Waals surface area contributed by atoms with Crippen LogP contribution in [0.2, 0.25) is 0 Å². The molecule has 1 saturated heterocycles. The Hall–Kier alpha value is -0.0800. The Morgan fingerprint density at radius 2 is 1.94 bits per heavy atom. The van der Waals surface area contributed by atoms with Crippen molar-refractivity contribution in [1.82, 2.24) is 10.2 Å². The second kappa shape index (κ2) is 6.02. The van der Waals surface area contributed by atoms with Gasteiger partial charge in [0.1, 0.15) is 0 Å². The van der Waals surface area contributed by atoms with E-state index >= 15 is 0 Å². The van der Waals surface area contributed by atoms with Crippen molar-refractivity contribution in [3.05, 3.63) is 0 Å². The molecule has 1 aliphatic carbocycles. The Morgan fingerprint density at radius 1 is 1.19 bits per heavy atom. The summed E-state index contributed by atoms with van der Waals surface area (Å²) in [5.41, 5.74) is 0. The molecule has 0 radical (unpaired) electrons. The predicted octanol–water partition coefficient (Wildman–Crippen LogP) is 2.64. The Morgan fingerprint density at radius 3 is 2.62 bits per heavy atom. The summed E-state index contributed by atoms with van der Waals surface area (Å²) >= 11 is 0. The number of rotatable bonds is 3. The Labute approximate surface area is 101 Å². The van der Waals surface area contributed by atoms with Crippen LogP contribution in [0.4, 0.5) is 0 Å². The summed E-state index contributed by atoms with van der Waals surface area (Å²) in [7, 11) is 0. The van der Waals surface area contributed by atoms with E-state index in [0.717, 1.165) is 18.0 Å². The van der Waals surface area contributed by atoms with Crippen LogP contribution in [-0.4, -0.2) is 36.6 Å². The molecule has 0 bridgehead atoms. The monoisotopic (exact) mass is 224 g/mol. The van der Waals surface area contributed by atoms with Crippen LogP contribution in [-0.2, 0) is 0 Å². The van der Waals surface area contributed by atoms with Gasteiger partial charge in [0, 0.05) is 18.6 Å². The van der Waals surface area contributed by atoms with E-state index in [9.17, 15) is 0 Å². The van der Waals surface area contributed by atoms with Crippen LogP contribution in [0.15, 0.2) is 0 Å². The molecule has 0 spiro atoms. The van der Waals surface area contributed by atoms with E-state index < -0.39 is 0 Å². The second-order valence-corrected chi connectivity index (χ2v) is 6.07. The first-order valence-corrected chi connectivity index (χ1v) is 7.23. The van der Waals surface area contributed by atoms with Gasteiger partial charge in [-0.25, -0.2) is 0 Å². The van der Waals surface area contributed by atoms with Crippen molar-refractivity contribution in [1.29, 1.82) is 0 Å². The van der Waals surface area contributed by atoms with Crippen LogP contribution in [0.25, 0.3) is 0 Å². The molecular weight excluding hydrogens is 196 g/mol. The molecule has 1 N–H and O–H groups in total. The standard InChI is InChI=1S/C14H28N2/c1-12(2)10-13-11-16(9-5-8-15-13)14-6-3-4-7-14/h12-15H,3-11H2,1-2H3. The fourth-order valence-electron chi connectivity index (χ4n) is 3.36. The molecule has 0 amide bonds. The van der Waals surface area contributed by atoms with Crippen LogP contribution in [0.1, 0.15) is 52.4 Å². The molecule has 0 aromatic heterocycles. The van der Waals surface area contributed by atoms with Gasteiger partial charge in [-0.2, -0.15) is 0 Å². The predicted molar refractivity (Wildman–Crippen MR) is 69.7 cm³/mol. The largest absolute Gasteiger partial charge is 0.313 e. The molecular formula is C14H28N2. The quantitative estimate of drug-likeness (QED) is 0.793. The first kappa shape index (κ1) is 12.4. The van der Waals surface area contributed by atoms with Gasteiger partial charge in [0.25, 0.3) is 0 Å². The van der Waals surface area contributed by atoms with Gasteiger partial charge < -0.3 is 5.32 Å². The second-order valence-electron chi connectivity index (χ2n) is 6.07. The normalized spacial score (nSPS) is 29.8. The molecule has 2 nitrogen and oxygen atoms in total. The lowest BCUT2D eigenvalue weighted by Gasteiger charge is -2.30. The van der Waals surface area contributed by atoms with Gasteiger partial charge in [-0.1, -0.05) is 26.7 Å². The van der Waals surface area contributed by atoms with Gasteiger partial charge in [0.2, 0.25) is 0 Å². The van der Waals surface area contributed by atoms with Gasteiger partial charge in [-0.3, -0.25) is 4.90 Å². The summed E-state index contributed by atoms with van der Waals surface area (Å²) in [6.07, 6.45) is 8.50. The molecule has 2 fully saturated rings. The summed E-state index contributed by atoms with van der Waals surface area (Å²) < 4.78 is 0. The van der Waals surface area contributed by atoms with E-state index in [1.807, 2.05) is 0 Å². The molecule has 2 aliphatic rings. The zero-order valence-electron chi connectivity index (χ0n) is 11.0. The van der Waals surface area contributed by atoms with Crippen LogP contribution in [0, 0.1) is 5.92 Å². The highest BCUT2D eigenvalue weighted by atomic mass is 15.2.